The van der Waals surface area contributed by atoms with Crippen LogP contribution in [-0.2, 0) is 14.3 Å². The van der Waals surface area contributed by atoms with Crippen molar-refractivity contribution < 1.29 is 28.6 Å². The number of imide groups is 1. The van der Waals surface area contributed by atoms with Crippen LogP contribution in [0.2, 0.25) is 0 Å². The molecule has 0 bridgehead atoms. The molecular formula is C15H20N2O6. The first-order valence-electron chi connectivity index (χ1n) is 7.05. The second kappa shape index (κ2) is 10.0. The molecule has 1 aromatic carbocycles. The van der Waals surface area contributed by atoms with E-state index in [4.69, 9.17) is 14.2 Å². The molecule has 0 aliphatic carbocycles. The fourth-order valence-electron chi connectivity index (χ4n) is 1.45. The van der Waals surface area contributed by atoms with Gasteiger partial charge < -0.3 is 19.5 Å². The van der Waals surface area contributed by atoms with E-state index in [0.29, 0.717) is 18.0 Å². The van der Waals surface area contributed by atoms with Crippen molar-refractivity contribution in [3.05, 3.63) is 24.3 Å². The highest BCUT2D eigenvalue weighted by Gasteiger charge is 2.11. The summed E-state index contributed by atoms with van der Waals surface area (Å²) in [5, 5.41) is 4.50. The number of ether oxygens (including phenoxy) is 3. The van der Waals surface area contributed by atoms with Crippen molar-refractivity contribution in [2.75, 3.05) is 26.9 Å². The highest BCUT2D eigenvalue weighted by Crippen LogP contribution is 2.16. The number of esters is 1. The van der Waals surface area contributed by atoms with Crippen molar-refractivity contribution in [1.29, 1.82) is 0 Å². The normalized spacial score (nSPS) is 9.65. The molecule has 0 saturated heterocycles. The molecule has 0 fully saturated rings. The zero-order valence-corrected chi connectivity index (χ0v) is 13.1. The van der Waals surface area contributed by atoms with Gasteiger partial charge in [-0.2, -0.15) is 0 Å². The Hall–Kier alpha value is -2.77. The largest absolute Gasteiger partial charge is 0.497 e. The minimum Gasteiger partial charge on any atom is -0.497 e. The fourth-order valence-corrected chi connectivity index (χ4v) is 1.45. The Labute approximate surface area is 134 Å². The monoisotopic (exact) mass is 324 g/mol. The number of carbonyl (C=O) groups excluding carboxylic acids is 3. The van der Waals surface area contributed by atoms with Gasteiger partial charge in [-0.1, -0.05) is 6.92 Å². The molecule has 0 aliphatic heterocycles. The number of rotatable bonds is 8. The average Bonchev–Trinajstić information content (AvgIpc) is 2.56. The number of nitrogens with one attached hydrogen (secondary N) is 2. The maximum Gasteiger partial charge on any atom is 0.344 e. The lowest BCUT2D eigenvalue weighted by Gasteiger charge is -2.08. The standard InChI is InChI=1S/C15H20N2O6/c1-3-8-16-15(20)17-13(18)9-23-14(19)10-22-12-6-4-11(21-2)5-7-12/h4-7H,3,8-10H2,1-2H3,(H2,16,17,18,20). The summed E-state index contributed by atoms with van der Waals surface area (Å²) >= 11 is 0. The first-order valence-corrected chi connectivity index (χ1v) is 7.05. The zero-order chi connectivity index (χ0) is 17.1. The Morgan fingerprint density at radius 1 is 1.04 bits per heavy atom. The number of hydrogen-bond donors (Lipinski definition) is 2. The number of urea groups is 1. The molecule has 0 aliphatic rings. The molecule has 0 heterocycles. The highest BCUT2D eigenvalue weighted by atomic mass is 16.6. The minimum absolute atomic E-state index is 0.346. The maximum atomic E-state index is 11.4. The van der Waals surface area contributed by atoms with Crippen molar-refractivity contribution in [2.45, 2.75) is 13.3 Å². The molecule has 23 heavy (non-hydrogen) atoms. The van der Waals surface area contributed by atoms with Crippen molar-refractivity contribution in [3.8, 4) is 11.5 Å². The molecule has 0 saturated carbocycles. The zero-order valence-electron chi connectivity index (χ0n) is 13.1. The Balaban J connectivity index is 2.22. The third-order valence-electron chi connectivity index (χ3n) is 2.57. The van der Waals surface area contributed by atoms with E-state index >= 15 is 0 Å². The molecule has 3 amide bonds. The summed E-state index contributed by atoms with van der Waals surface area (Å²) in [5.74, 6) is -0.301. The first-order chi connectivity index (χ1) is 11.0. The van der Waals surface area contributed by atoms with E-state index in [9.17, 15) is 14.4 Å². The number of methoxy groups -OCH3 is 1. The Bertz CT molecular complexity index is 529. The maximum absolute atomic E-state index is 11.4. The predicted octanol–water partition coefficient (Wildman–Crippen LogP) is 0.853. The second-order valence-corrected chi connectivity index (χ2v) is 4.43. The smallest absolute Gasteiger partial charge is 0.344 e. The summed E-state index contributed by atoms with van der Waals surface area (Å²) in [7, 11) is 1.54. The molecular weight excluding hydrogens is 304 g/mol. The Kier molecular flexibility index (Phi) is 7.98. The van der Waals surface area contributed by atoms with E-state index < -0.39 is 24.5 Å². The van der Waals surface area contributed by atoms with Crippen molar-refractivity contribution >= 4 is 17.9 Å². The van der Waals surface area contributed by atoms with E-state index in [-0.39, 0.29) is 6.61 Å². The molecule has 1 rings (SSSR count). The minimum atomic E-state index is -0.718. The van der Waals surface area contributed by atoms with Crippen LogP contribution in [0.5, 0.6) is 11.5 Å². The predicted molar refractivity (Wildman–Crippen MR) is 81.3 cm³/mol. The van der Waals surface area contributed by atoms with Crippen LogP contribution in [-0.4, -0.2) is 44.8 Å². The Morgan fingerprint density at radius 3 is 2.30 bits per heavy atom. The molecule has 126 valence electrons. The van der Waals surface area contributed by atoms with Gasteiger partial charge in [-0.15, -0.1) is 0 Å². The van der Waals surface area contributed by atoms with Crippen LogP contribution in [0.1, 0.15) is 13.3 Å². The summed E-state index contributed by atoms with van der Waals surface area (Å²) in [6.45, 7) is 1.44. The third-order valence-corrected chi connectivity index (χ3v) is 2.57. The lowest BCUT2D eigenvalue weighted by Crippen LogP contribution is -2.41. The summed E-state index contributed by atoms with van der Waals surface area (Å²) in [6.07, 6.45) is 0.749. The van der Waals surface area contributed by atoms with Gasteiger partial charge in [-0.25, -0.2) is 9.59 Å². The highest BCUT2D eigenvalue weighted by molar-refractivity contribution is 5.95. The SMILES string of the molecule is CCCNC(=O)NC(=O)COC(=O)COc1ccc(OC)cc1. The number of carbonyl (C=O) groups is 3. The van der Waals surface area contributed by atoms with E-state index in [2.05, 4.69) is 5.32 Å². The summed E-state index contributed by atoms with van der Waals surface area (Å²) in [6, 6.07) is 6.02. The molecule has 8 heteroatoms. The van der Waals surface area contributed by atoms with Crippen LogP contribution in [0.25, 0.3) is 0 Å². The van der Waals surface area contributed by atoms with Gasteiger partial charge in [-0.05, 0) is 30.7 Å². The lowest BCUT2D eigenvalue weighted by molar-refractivity contribution is -0.150. The summed E-state index contributed by atoms with van der Waals surface area (Å²) in [5.41, 5.74) is 0. The van der Waals surface area contributed by atoms with Gasteiger partial charge >= 0.3 is 12.0 Å². The van der Waals surface area contributed by atoms with Crippen LogP contribution < -0.4 is 20.1 Å². The molecule has 0 atom stereocenters. The van der Waals surface area contributed by atoms with Gasteiger partial charge in [0.05, 0.1) is 7.11 Å². The van der Waals surface area contributed by atoms with E-state index in [1.807, 2.05) is 12.2 Å². The molecule has 0 radical (unpaired) electrons. The molecule has 8 nitrogen and oxygen atoms in total. The van der Waals surface area contributed by atoms with Gasteiger partial charge in [0.25, 0.3) is 5.91 Å². The van der Waals surface area contributed by atoms with E-state index in [0.717, 1.165) is 6.42 Å². The van der Waals surface area contributed by atoms with Gasteiger partial charge in [0.2, 0.25) is 0 Å². The number of amides is 3. The van der Waals surface area contributed by atoms with Crippen LogP contribution >= 0.6 is 0 Å². The fraction of sp³-hybridized carbons (Fsp3) is 0.400. The van der Waals surface area contributed by atoms with Gasteiger partial charge in [0, 0.05) is 6.54 Å². The van der Waals surface area contributed by atoms with Crippen LogP contribution in [0.4, 0.5) is 4.79 Å². The van der Waals surface area contributed by atoms with Crippen molar-refractivity contribution in [1.82, 2.24) is 10.6 Å². The topological polar surface area (TPSA) is 103 Å². The molecule has 0 aromatic heterocycles. The van der Waals surface area contributed by atoms with Crippen LogP contribution in [0, 0.1) is 0 Å². The molecule has 0 spiro atoms. The van der Waals surface area contributed by atoms with Crippen LogP contribution in [0.15, 0.2) is 24.3 Å². The summed E-state index contributed by atoms with van der Waals surface area (Å²) in [4.78, 5) is 34.0. The quantitative estimate of drug-likeness (QED) is 0.687. The van der Waals surface area contributed by atoms with Crippen LogP contribution in [0.3, 0.4) is 0 Å². The number of hydrogen-bond acceptors (Lipinski definition) is 6. The van der Waals surface area contributed by atoms with Gasteiger partial charge in [0.15, 0.2) is 13.2 Å². The van der Waals surface area contributed by atoms with E-state index in [1.54, 1.807) is 31.4 Å². The molecule has 1 aromatic rings. The lowest BCUT2D eigenvalue weighted by atomic mass is 10.3. The average molecular weight is 324 g/mol. The third kappa shape index (κ3) is 7.70. The molecule has 2 N–H and O–H groups in total. The Morgan fingerprint density at radius 2 is 1.70 bits per heavy atom. The van der Waals surface area contributed by atoms with Crippen molar-refractivity contribution in [3.63, 3.8) is 0 Å². The van der Waals surface area contributed by atoms with Crippen molar-refractivity contribution in [2.24, 2.45) is 0 Å². The first kappa shape index (κ1) is 18.3. The number of benzene rings is 1. The van der Waals surface area contributed by atoms with Gasteiger partial charge in [0.1, 0.15) is 11.5 Å². The second-order valence-electron chi connectivity index (χ2n) is 4.43. The summed E-state index contributed by atoms with van der Waals surface area (Å²) < 4.78 is 14.9. The molecule has 0 unspecified atom stereocenters. The van der Waals surface area contributed by atoms with Gasteiger partial charge in [-0.3, -0.25) is 10.1 Å². The van der Waals surface area contributed by atoms with E-state index in [1.165, 1.54) is 0 Å².